The number of hydrogen-bond acceptors (Lipinski definition) is 2. The largest absolute Gasteiger partial charge is 0.310 e. The van der Waals surface area contributed by atoms with Gasteiger partial charge in [-0.25, -0.2) is 0 Å². The lowest BCUT2D eigenvalue weighted by Gasteiger charge is -2.27. The minimum absolute atomic E-state index is 1.11. The van der Waals surface area contributed by atoms with Gasteiger partial charge in [0.15, 0.2) is 0 Å². The zero-order valence-electron chi connectivity index (χ0n) is 26.3. The van der Waals surface area contributed by atoms with E-state index in [-0.39, 0.29) is 0 Å². The Labute approximate surface area is 284 Å². The maximum atomic E-state index is 2.38. The molecule has 1 aromatic heterocycles. The molecule has 0 amide bonds. The summed E-state index contributed by atoms with van der Waals surface area (Å²) in [4.78, 5) is 2.38. The molecule has 8 aromatic carbocycles. The summed E-state index contributed by atoms with van der Waals surface area (Å²) in [6.45, 7) is 0. The normalized spacial score (nSPS) is 11.3. The van der Waals surface area contributed by atoms with E-state index in [4.69, 9.17) is 0 Å². The Bertz CT molecular complexity index is 2560. The molecule has 1 heterocycles. The van der Waals surface area contributed by atoms with Crippen molar-refractivity contribution in [3.8, 4) is 33.4 Å². The van der Waals surface area contributed by atoms with Gasteiger partial charge in [0.05, 0.1) is 0 Å². The standard InChI is InChI=1S/C46H31NS/c1-2-12-32(13-3-1)35-16-8-18-38(30-35)47(39-19-9-17-36(31-39)41-22-10-15-33-14-4-5-20-40(33)41)37-28-26-34(27-29-37)42-23-11-24-44-43-21-6-7-25-45(43)48-46(42)44/h1-31H. The van der Waals surface area contributed by atoms with Gasteiger partial charge in [-0.05, 0) is 86.6 Å². The fourth-order valence-corrected chi connectivity index (χ4v) is 8.19. The Kier molecular flexibility index (Phi) is 7.07. The van der Waals surface area contributed by atoms with Gasteiger partial charge in [-0.3, -0.25) is 0 Å². The summed E-state index contributed by atoms with van der Waals surface area (Å²) in [5.41, 5.74) is 10.7. The number of thiophene rings is 1. The highest BCUT2D eigenvalue weighted by molar-refractivity contribution is 7.26. The van der Waals surface area contributed by atoms with E-state index >= 15 is 0 Å². The minimum atomic E-state index is 1.11. The molecule has 0 atom stereocenters. The van der Waals surface area contributed by atoms with Crippen LogP contribution in [0.5, 0.6) is 0 Å². The summed E-state index contributed by atoms with van der Waals surface area (Å²) in [6, 6.07) is 68.1. The molecule has 9 rings (SSSR count). The van der Waals surface area contributed by atoms with E-state index in [2.05, 4.69) is 193 Å². The monoisotopic (exact) mass is 629 g/mol. The van der Waals surface area contributed by atoms with Crippen LogP contribution in [0.2, 0.25) is 0 Å². The van der Waals surface area contributed by atoms with Gasteiger partial charge >= 0.3 is 0 Å². The van der Waals surface area contributed by atoms with Crippen molar-refractivity contribution in [1.29, 1.82) is 0 Å². The molecular formula is C46H31NS. The maximum absolute atomic E-state index is 2.38. The van der Waals surface area contributed by atoms with Crippen molar-refractivity contribution < 1.29 is 0 Å². The van der Waals surface area contributed by atoms with Crippen LogP contribution >= 0.6 is 11.3 Å². The molecule has 0 radical (unpaired) electrons. The first-order valence-corrected chi connectivity index (χ1v) is 17.2. The molecule has 9 aromatic rings. The summed E-state index contributed by atoms with van der Waals surface area (Å²) in [6.07, 6.45) is 0. The van der Waals surface area contributed by atoms with E-state index in [1.54, 1.807) is 0 Å². The lowest BCUT2D eigenvalue weighted by molar-refractivity contribution is 1.28. The van der Waals surface area contributed by atoms with Crippen molar-refractivity contribution in [2.45, 2.75) is 0 Å². The molecule has 0 unspecified atom stereocenters. The molecule has 0 aliphatic rings. The van der Waals surface area contributed by atoms with Gasteiger partial charge < -0.3 is 4.90 Å². The third-order valence-electron chi connectivity index (χ3n) is 9.26. The predicted octanol–water partition coefficient (Wildman–Crippen LogP) is 13.7. The smallest absolute Gasteiger partial charge is 0.0467 e. The van der Waals surface area contributed by atoms with Crippen LogP contribution < -0.4 is 4.90 Å². The van der Waals surface area contributed by atoms with E-state index < -0.39 is 0 Å². The fourth-order valence-electron chi connectivity index (χ4n) is 6.96. The van der Waals surface area contributed by atoms with Crippen molar-refractivity contribution in [3.05, 3.63) is 188 Å². The molecule has 0 fully saturated rings. The summed E-state index contributed by atoms with van der Waals surface area (Å²) < 4.78 is 2.66. The molecule has 0 saturated carbocycles. The first-order valence-electron chi connectivity index (χ1n) is 16.3. The van der Waals surface area contributed by atoms with Gasteiger partial charge in [-0.2, -0.15) is 0 Å². The summed E-state index contributed by atoms with van der Waals surface area (Å²) in [5, 5.41) is 5.15. The van der Waals surface area contributed by atoms with Crippen molar-refractivity contribution in [1.82, 2.24) is 0 Å². The van der Waals surface area contributed by atoms with Gasteiger partial charge in [-0.15, -0.1) is 11.3 Å². The van der Waals surface area contributed by atoms with Crippen LogP contribution in [-0.2, 0) is 0 Å². The van der Waals surface area contributed by atoms with E-state index in [0.29, 0.717) is 0 Å². The quantitative estimate of drug-likeness (QED) is 0.177. The molecule has 2 heteroatoms. The lowest BCUT2D eigenvalue weighted by atomic mass is 9.97. The number of benzene rings is 8. The van der Waals surface area contributed by atoms with E-state index in [9.17, 15) is 0 Å². The van der Waals surface area contributed by atoms with Crippen molar-refractivity contribution in [3.63, 3.8) is 0 Å². The lowest BCUT2D eigenvalue weighted by Crippen LogP contribution is -2.10. The van der Waals surface area contributed by atoms with Crippen LogP contribution in [0, 0.1) is 0 Å². The Morgan fingerprint density at radius 2 is 0.917 bits per heavy atom. The highest BCUT2D eigenvalue weighted by Gasteiger charge is 2.16. The SMILES string of the molecule is c1ccc(-c2cccc(N(c3ccc(-c4cccc5c4sc4ccccc45)cc3)c3cccc(-c4cccc5ccccc45)c3)c2)cc1. The number of hydrogen-bond donors (Lipinski definition) is 0. The number of nitrogens with zero attached hydrogens (tertiary/aromatic N) is 1. The summed E-state index contributed by atoms with van der Waals surface area (Å²) in [5.74, 6) is 0. The van der Waals surface area contributed by atoms with Gasteiger partial charge in [0.1, 0.15) is 0 Å². The van der Waals surface area contributed by atoms with Crippen LogP contribution in [0.1, 0.15) is 0 Å². The van der Waals surface area contributed by atoms with Crippen LogP contribution in [0.3, 0.4) is 0 Å². The molecule has 0 aliphatic heterocycles. The van der Waals surface area contributed by atoms with Crippen molar-refractivity contribution in [2.24, 2.45) is 0 Å². The fraction of sp³-hybridized carbons (Fsp3) is 0. The van der Waals surface area contributed by atoms with Gasteiger partial charge in [0.25, 0.3) is 0 Å². The molecule has 48 heavy (non-hydrogen) atoms. The first kappa shape index (κ1) is 28.3. The molecule has 0 saturated heterocycles. The molecular weight excluding hydrogens is 599 g/mol. The highest BCUT2D eigenvalue weighted by atomic mass is 32.1. The predicted molar refractivity (Wildman–Crippen MR) is 208 cm³/mol. The topological polar surface area (TPSA) is 3.24 Å². The number of rotatable bonds is 6. The maximum Gasteiger partial charge on any atom is 0.0467 e. The Morgan fingerprint density at radius 3 is 1.75 bits per heavy atom. The average Bonchev–Trinajstić information content (AvgIpc) is 3.55. The van der Waals surface area contributed by atoms with E-state index in [1.807, 2.05) is 11.3 Å². The molecule has 1 nitrogen and oxygen atoms in total. The third kappa shape index (κ3) is 5.04. The third-order valence-corrected chi connectivity index (χ3v) is 10.5. The molecule has 0 aliphatic carbocycles. The zero-order valence-corrected chi connectivity index (χ0v) is 27.1. The van der Waals surface area contributed by atoms with Crippen molar-refractivity contribution >= 4 is 59.3 Å². The highest BCUT2D eigenvalue weighted by Crippen LogP contribution is 2.42. The second-order valence-electron chi connectivity index (χ2n) is 12.2. The Hall–Kier alpha value is -5.96. The number of fused-ring (bicyclic) bond motifs is 4. The van der Waals surface area contributed by atoms with Crippen LogP contribution in [0.4, 0.5) is 17.1 Å². The Morgan fingerprint density at radius 1 is 0.333 bits per heavy atom. The second-order valence-corrected chi connectivity index (χ2v) is 13.2. The summed E-state index contributed by atoms with van der Waals surface area (Å²) in [7, 11) is 0. The molecule has 0 bridgehead atoms. The van der Waals surface area contributed by atoms with Crippen LogP contribution in [-0.4, -0.2) is 0 Å². The van der Waals surface area contributed by atoms with Gasteiger partial charge in [0, 0.05) is 37.2 Å². The first-order chi connectivity index (χ1) is 23.8. The Balaban J connectivity index is 1.18. The van der Waals surface area contributed by atoms with Crippen LogP contribution in [0.15, 0.2) is 188 Å². The minimum Gasteiger partial charge on any atom is -0.310 e. The average molecular weight is 630 g/mol. The van der Waals surface area contributed by atoms with Crippen molar-refractivity contribution in [2.75, 3.05) is 4.90 Å². The van der Waals surface area contributed by atoms with Gasteiger partial charge in [-0.1, -0.05) is 146 Å². The van der Waals surface area contributed by atoms with Gasteiger partial charge in [0.2, 0.25) is 0 Å². The van der Waals surface area contributed by atoms with E-state index in [0.717, 1.165) is 17.1 Å². The summed E-state index contributed by atoms with van der Waals surface area (Å²) >= 11 is 1.88. The number of anilines is 3. The molecule has 0 N–H and O–H groups in total. The molecule has 226 valence electrons. The second kappa shape index (κ2) is 12.0. The van der Waals surface area contributed by atoms with Crippen LogP contribution in [0.25, 0.3) is 64.3 Å². The zero-order chi connectivity index (χ0) is 31.9. The molecule has 0 spiro atoms. The van der Waals surface area contributed by atoms with E-state index in [1.165, 1.54) is 64.3 Å².